The number of aliphatic hydroxyl groups is 1. The molecule has 0 fully saturated rings. The Morgan fingerprint density at radius 3 is 2.56 bits per heavy atom. The first kappa shape index (κ1) is 24.9. The molecule has 0 aliphatic carbocycles. The Balaban J connectivity index is 1.75. The summed E-state index contributed by atoms with van der Waals surface area (Å²) in [6.07, 6.45) is 5.39. The molecule has 2 heterocycles. The van der Waals surface area contributed by atoms with Crippen LogP contribution in [0.15, 0.2) is 88.8 Å². The van der Waals surface area contributed by atoms with Gasteiger partial charge in [0.05, 0.1) is 37.6 Å². The van der Waals surface area contributed by atoms with E-state index in [0.29, 0.717) is 36.0 Å². The van der Waals surface area contributed by atoms with Crippen molar-refractivity contribution >= 4 is 17.8 Å². The van der Waals surface area contributed by atoms with E-state index in [4.69, 9.17) is 13.9 Å². The topological polar surface area (TPSA) is 89.2 Å². The van der Waals surface area contributed by atoms with Crippen molar-refractivity contribution in [2.45, 2.75) is 32.9 Å². The van der Waals surface area contributed by atoms with E-state index < -0.39 is 23.5 Å². The molecule has 1 unspecified atom stereocenters. The first-order valence-corrected chi connectivity index (χ1v) is 12.0. The van der Waals surface area contributed by atoms with Crippen molar-refractivity contribution in [2.75, 3.05) is 13.2 Å². The van der Waals surface area contributed by atoms with Crippen LogP contribution in [0.1, 0.15) is 43.2 Å². The predicted octanol–water partition coefficient (Wildman–Crippen LogP) is 5.65. The van der Waals surface area contributed by atoms with Gasteiger partial charge in [0.15, 0.2) is 23.0 Å². The van der Waals surface area contributed by atoms with Gasteiger partial charge < -0.3 is 23.9 Å². The van der Waals surface area contributed by atoms with Crippen molar-refractivity contribution in [3.63, 3.8) is 0 Å². The number of furan rings is 1. The molecule has 0 spiro atoms. The van der Waals surface area contributed by atoms with E-state index in [-0.39, 0.29) is 12.1 Å². The summed E-state index contributed by atoms with van der Waals surface area (Å²) >= 11 is 0. The molecule has 1 N–H and O–H groups in total. The number of nitrogens with zero attached hydrogens (tertiary/aromatic N) is 1. The number of rotatable bonds is 11. The molecule has 1 amide bonds. The largest absolute Gasteiger partial charge is 0.503 e. The van der Waals surface area contributed by atoms with Gasteiger partial charge in [-0.1, -0.05) is 49.4 Å². The number of ketones is 1. The first-order valence-electron chi connectivity index (χ1n) is 12.0. The highest BCUT2D eigenvalue weighted by Gasteiger charge is 2.43. The molecule has 4 rings (SSSR count). The number of amides is 1. The molecule has 0 saturated heterocycles. The Morgan fingerprint density at radius 2 is 1.86 bits per heavy atom. The minimum atomic E-state index is -0.838. The molecule has 0 saturated carbocycles. The Hall–Kier alpha value is -4.26. The lowest BCUT2D eigenvalue weighted by atomic mass is 9.95. The van der Waals surface area contributed by atoms with E-state index in [0.717, 1.165) is 12.0 Å². The van der Waals surface area contributed by atoms with Crippen molar-refractivity contribution in [3.05, 3.63) is 101 Å². The zero-order valence-electron chi connectivity index (χ0n) is 20.3. The van der Waals surface area contributed by atoms with Crippen molar-refractivity contribution in [3.8, 4) is 11.5 Å². The molecule has 3 aromatic rings. The zero-order valence-corrected chi connectivity index (χ0v) is 20.3. The van der Waals surface area contributed by atoms with Gasteiger partial charge in [-0.2, -0.15) is 0 Å². The quantitative estimate of drug-likeness (QED) is 0.352. The van der Waals surface area contributed by atoms with E-state index in [9.17, 15) is 14.7 Å². The number of carbonyl (C=O) groups excluding carboxylic acids is 2. The Morgan fingerprint density at radius 1 is 1.06 bits per heavy atom. The molecule has 7 heteroatoms. The van der Waals surface area contributed by atoms with Crippen LogP contribution in [0, 0.1) is 0 Å². The maximum absolute atomic E-state index is 13.4. The van der Waals surface area contributed by atoms with Gasteiger partial charge in [-0.25, -0.2) is 0 Å². The Bertz CT molecular complexity index is 1260. The van der Waals surface area contributed by atoms with Crippen molar-refractivity contribution in [1.29, 1.82) is 0 Å². The lowest BCUT2D eigenvalue weighted by molar-refractivity contribution is -0.130. The first-order chi connectivity index (χ1) is 17.5. The lowest BCUT2D eigenvalue weighted by Crippen LogP contribution is -2.30. The Kier molecular flexibility index (Phi) is 7.90. The maximum Gasteiger partial charge on any atom is 0.290 e. The standard InChI is InChI=1S/C29H29NO6/c1-3-16-36-24-15-13-21(18-25(24)34-4-2)27-26(23(31)14-12-20-9-6-5-7-10-20)28(32)29(33)30(27)19-22-11-8-17-35-22/h5-15,17-18,27,32H,3-4,16,19H2,1-2H3/b14-12+. The number of benzene rings is 2. The molecule has 1 aliphatic rings. The molecule has 0 bridgehead atoms. The summed E-state index contributed by atoms with van der Waals surface area (Å²) in [7, 11) is 0. The molecule has 1 atom stereocenters. The van der Waals surface area contributed by atoms with Crippen LogP contribution in [0.3, 0.4) is 0 Å². The highest BCUT2D eigenvalue weighted by atomic mass is 16.5. The molecule has 1 aliphatic heterocycles. The zero-order chi connectivity index (χ0) is 25.5. The second-order valence-corrected chi connectivity index (χ2v) is 8.27. The van der Waals surface area contributed by atoms with E-state index in [1.807, 2.05) is 44.2 Å². The van der Waals surface area contributed by atoms with Crippen LogP contribution in [-0.4, -0.2) is 34.9 Å². The molecular weight excluding hydrogens is 458 g/mol. The predicted molar refractivity (Wildman–Crippen MR) is 136 cm³/mol. The number of allylic oxidation sites excluding steroid dienone is 1. The minimum Gasteiger partial charge on any atom is -0.503 e. The summed E-state index contributed by atoms with van der Waals surface area (Å²) in [6, 6.07) is 17.3. The highest BCUT2D eigenvalue weighted by Crippen LogP contribution is 2.42. The van der Waals surface area contributed by atoms with Gasteiger partial charge in [0.2, 0.25) is 0 Å². The summed E-state index contributed by atoms with van der Waals surface area (Å²) in [4.78, 5) is 28.0. The van der Waals surface area contributed by atoms with Crippen molar-refractivity contribution < 1.29 is 28.6 Å². The summed E-state index contributed by atoms with van der Waals surface area (Å²) in [5.74, 6) is -0.0551. The van der Waals surface area contributed by atoms with Crippen LogP contribution >= 0.6 is 0 Å². The lowest BCUT2D eigenvalue weighted by Gasteiger charge is -2.26. The average molecular weight is 488 g/mol. The summed E-state index contributed by atoms with van der Waals surface area (Å²) in [6.45, 7) is 4.91. The third-order valence-corrected chi connectivity index (χ3v) is 5.75. The van der Waals surface area contributed by atoms with Gasteiger partial charge in [0, 0.05) is 0 Å². The van der Waals surface area contributed by atoms with Crippen LogP contribution in [0.4, 0.5) is 0 Å². The Labute approximate surface area is 210 Å². The maximum atomic E-state index is 13.4. The van der Waals surface area contributed by atoms with Crippen LogP contribution < -0.4 is 9.47 Å². The van der Waals surface area contributed by atoms with Gasteiger partial charge in [0.1, 0.15) is 5.76 Å². The van der Waals surface area contributed by atoms with Crippen LogP contribution in [-0.2, 0) is 16.1 Å². The van der Waals surface area contributed by atoms with Crippen molar-refractivity contribution in [1.82, 2.24) is 4.90 Å². The number of ether oxygens (including phenoxy) is 2. The number of hydrogen-bond acceptors (Lipinski definition) is 6. The number of aliphatic hydroxyl groups excluding tert-OH is 1. The SMILES string of the molecule is CCCOc1ccc(C2C(C(=O)/C=C/c3ccccc3)=C(O)C(=O)N2Cc2ccco2)cc1OCC. The fourth-order valence-electron chi connectivity index (χ4n) is 4.11. The fourth-order valence-corrected chi connectivity index (χ4v) is 4.11. The van der Waals surface area contributed by atoms with Crippen molar-refractivity contribution in [2.24, 2.45) is 0 Å². The molecule has 1 aromatic heterocycles. The third kappa shape index (κ3) is 5.35. The van der Waals surface area contributed by atoms with Gasteiger partial charge in [-0.05, 0) is 54.8 Å². The number of carbonyl (C=O) groups is 2. The average Bonchev–Trinajstić information content (AvgIpc) is 3.50. The van der Waals surface area contributed by atoms with E-state index in [1.54, 1.807) is 36.4 Å². The second kappa shape index (κ2) is 11.4. The van der Waals surface area contributed by atoms with E-state index in [2.05, 4.69) is 0 Å². The van der Waals surface area contributed by atoms with Crippen LogP contribution in [0.5, 0.6) is 11.5 Å². The van der Waals surface area contributed by atoms with Crippen LogP contribution in [0.25, 0.3) is 6.08 Å². The van der Waals surface area contributed by atoms with Gasteiger partial charge in [0.25, 0.3) is 5.91 Å². The fraction of sp³-hybridized carbons (Fsp3) is 0.241. The third-order valence-electron chi connectivity index (χ3n) is 5.75. The number of hydrogen-bond donors (Lipinski definition) is 1. The monoisotopic (exact) mass is 487 g/mol. The summed E-state index contributed by atoms with van der Waals surface area (Å²) < 4.78 is 17.1. The molecular formula is C29H29NO6. The molecule has 7 nitrogen and oxygen atoms in total. The minimum absolute atomic E-state index is 0.00316. The highest BCUT2D eigenvalue weighted by molar-refractivity contribution is 6.14. The van der Waals surface area contributed by atoms with Crippen LogP contribution in [0.2, 0.25) is 0 Å². The smallest absolute Gasteiger partial charge is 0.290 e. The van der Waals surface area contributed by atoms with Gasteiger partial charge in [-0.15, -0.1) is 0 Å². The molecule has 36 heavy (non-hydrogen) atoms. The molecule has 0 radical (unpaired) electrons. The normalized spacial score (nSPS) is 15.7. The van der Waals surface area contributed by atoms with E-state index >= 15 is 0 Å². The van der Waals surface area contributed by atoms with Gasteiger partial charge in [-0.3, -0.25) is 9.59 Å². The summed E-state index contributed by atoms with van der Waals surface area (Å²) in [5.41, 5.74) is 1.45. The molecule has 2 aromatic carbocycles. The summed E-state index contributed by atoms with van der Waals surface area (Å²) in [5, 5.41) is 10.8. The van der Waals surface area contributed by atoms with E-state index in [1.165, 1.54) is 17.2 Å². The molecule has 186 valence electrons. The second-order valence-electron chi connectivity index (χ2n) is 8.27. The van der Waals surface area contributed by atoms with Gasteiger partial charge >= 0.3 is 0 Å².